The molecule has 1 aliphatic rings. The topological polar surface area (TPSA) is 57.2 Å². The summed E-state index contributed by atoms with van der Waals surface area (Å²) >= 11 is 0. The van der Waals surface area contributed by atoms with E-state index in [-0.39, 0.29) is 22.9 Å². The van der Waals surface area contributed by atoms with E-state index < -0.39 is 0 Å². The van der Waals surface area contributed by atoms with Crippen molar-refractivity contribution in [1.29, 1.82) is 0 Å². The van der Waals surface area contributed by atoms with Gasteiger partial charge in [0.1, 0.15) is 39.9 Å². The average molecular weight is 537 g/mol. The highest BCUT2D eigenvalue weighted by molar-refractivity contribution is 5.60. The Balaban J connectivity index is 2.09. The lowest BCUT2D eigenvalue weighted by atomic mass is 9.86. The van der Waals surface area contributed by atoms with E-state index in [4.69, 9.17) is 18.9 Å². The van der Waals surface area contributed by atoms with Crippen molar-refractivity contribution >= 4 is 0 Å². The minimum absolute atomic E-state index is 0.0359. The Morgan fingerprint density at radius 2 is 1.46 bits per heavy atom. The van der Waals surface area contributed by atoms with Crippen LogP contribution in [0.25, 0.3) is 0 Å². The van der Waals surface area contributed by atoms with Crippen LogP contribution in [0.4, 0.5) is 0 Å². The molecule has 0 unspecified atom stereocenters. The number of methoxy groups -OCH3 is 1. The Labute approximate surface area is 235 Å². The highest BCUT2D eigenvalue weighted by Crippen LogP contribution is 2.47. The minimum Gasteiger partial charge on any atom is -0.507 e. The lowest BCUT2D eigenvalue weighted by Gasteiger charge is -2.32. The van der Waals surface area contributed by atoms with Crippen molar-refractivity contribution in [3.05, 3.63) is 63.8 Å². The first kappa shape index (κ1) is 30.5. The van der Waals surface area contributed by atoms with Crippen molar-refractivity contribution in [3.63, 3.8) is 0 Å². The van der Waals surface area contributed by atoms with Crippen LogP contribution in [0.2, 0.25) is 0 Å². The maximum Gasteiger partial charge on any atom is 0.132 e. The second-order valence-electron chi connectivity index (χ2n) is 13.0. The van der Waals surface area contributed by atoms with E-state index >= 15 is 0 Å². The number of benzene rings is 2. The van der Waals surface area contributed by atoms with Crippen LogP contribution < -0.4 is 18.9 Å². The van der Waals surface area contributed by atoms with Crippen molar-refractivity contribution < 1.29 is 24.1 Å². The zero-order valence-electron chi connectivity index (χ0n) is 25.9. The molecule has 0 bridgehead atoms. The molecule has 1 heterocycles. The molecule has 0 saturated carbocycles. The number of rotatable bonds is 8. The molecular formula is C34H48O5. The Bertz CT molecular complexity index is 1230. The van der Waals surface area contributed by atoms with E-state index in [1.807, 2.05) is 59.7 Å². The quantitative estimate of drug-likeness (QED) is 0.343. The summed E-state index contributed by atoms with van der Waals surface area (Å²) in [5.41, 5.74) is 5.38. The van der Waals surface area contributed by atoms with E-state index in [1.165, 1.54) is 11.1 Å². The number of phenols is 1. The van der Waals surface area contributed by atoms with Crippen LogP contribution >= 0.6 is 0 Å². The van der Waals surface area contributed by atoms with E-state index in [9.17, 15) is 5.11 Å². The zero-order valence-corrected chi connectivity index (χ0v) is 25.9. The largest absolute Gasteiger partial charge is 0.507 e. The molecule has 0 spiro atoms. The molecule has 2 aromatic carbocycles. The standard InChI is InChI=1S/C34H48O5/c1-21(2)12-14-25-28(38-33(5,6)7)17-16-24(31(25)35)23-18-27-29(37-20-23)19-30(39-34(8,9)10)26(32(27)36-11)15-13-22(3)4/h12-13,16-17,19,23,35H,14-15,18,20H2,1-11H3/t23-/m0/s1. The molecule has 0 radical (unpaired) electrons. The third-order valence-corrected chi connectivity index (χ3v) is 6.47. The Hall–Kier alpha value is -3.08. The van der Waals surface area contributed by atoms with E-state index in [1.54, 1.807) is 7.11 Å². The van der Waals surface area contributed by atoms with Crippen LogP contribution in [0.3, 0.4) is 0 Å². The molecule has 5 nitrogen and oxygen atoms in total. The molecule has 39 heavy (non-hydrogen) atoms. The summed E-state index contributed by atoms with van der Waals surface area (Å²) in [6.07, 6.45) is 6.30. The predicted molar refractivity (Wildman–Crippen MR) is 160 cm³/mol. The summed E-state index contributed by atoms with van der Waals surface area (Å²) < 4.78 is 25.0. The molecule has 0 amide bonds. The highest BCUT2D eigenvalue weighted by atomic mass is 16.5. The lowest BCUT2D eigenvalue weighted by Crippen LogP contribution is -2.25. The van der Waals surface area contributed by atoms with Gasteiger partial charge in [0.05, 0.1) is 13.7 Å². The van der Waals surface area contributed by atoms with Crippen LogP contribution in [-0.2, 0) is 19.3 Å². The zero-order chi connectivity index (χ0) is 29.1. The van der Waals surface area contributed by atoms with Crippen molar-refractivity contribution in [2.24, 2.45) is 0 Å². The van der Waals surface area contributed by atoms with Crippen molar-refractivity contribution in [2.75, 3.05) is 13.7 Å². The highest BCUT2D eigenvalue weighted by Gasteiger charge is 2.31. The number of hydrogen-bond acceptors (Lipinski definition) is 5. The van der Waals surface area contributed by atoms with Crippen molar-refractivity contribution in [1.82, 2.24) is 0 Å². The van der Waals surface area contributed by atoms with Gasteiger partial charge in [0.25, 0.3) is 0 Å². The maximum atomic E-state index is 11.6. The molecule has 3 rings (SSSR count). The number of hydrogen-bond donors (Lipinski definition) is 1. The average Bonchev–Trinajstić information content (AvgIpc) is 2.79. The van der Waals surface area contributed by atoms with Gasteiger partial charge >= 0.3 is 0 Å². The molecule has 214 valence electrons. The molecule has 1 atom stereocenters. The van der Waals surface area contributed by atoms with Gasteiger partial charge in [-0.1, -0.05) is 29.4 Å². The van der Waals surface area contributed by atoms with Gasteiger partial charge in [0, 0.05) is 34.2 Å². The van der Waals surface area contributed by atoms with Gasteiger partial charge in [-0.05, 0) is 94.6 Å². The van der Waals surface area contributed by atoms with E-state index in [0.29, 0.717) is 31.6 Å². The van der Waals surface area contributed by atoms with Crippen LogP contribution in [0, 0.1) is 0 Å². The van der Waals surface area contributed by atoms with Crippen LogP contribution in [-0.4, -0.2) is 30.0 Å². The molecule has 1 aliphatic heterocycles. The first-order chi connectivity index (χ1) is 18.1. The maximum absolute atomic E-state index is 11.6. The smallest absolute Gasteiger partial charge is 0.132 e. The molecule has 0 fully saturated rings. The monoisotopic (exact) mass is 536 g/mol. The number of ether oxygens (including phenoxy) is 4. The molecule has 5 heteroatoms. The fourth-order valence-electron chi connectivity index (χ4n) is 4.78. The van der Waals surface area contributed by atoms with Gasteiger partial charge in [-0.2, -0.15) is 0 Å². The minimum atomic E-state index is -0.373. The second-order valence-corrected chi connectivity index (χ2v) is 13.0. The lowest BCUT2D eigenvalue weighted by molar-refractivity contribution is 0.127. The predicted octanol–water partition coefficient (Wildman–Crippen LogP) is 8.49. The van der Waals surface area contributed by atoms with Crippen molar-refractivity contribution in [2.45, 2.75) is 106 Å². The van der Waals surface area contributed by atoms with Gasteiger partial charge in [-0.25, -0.2) is 0 Å². The van der Waals surface area contributed by atoms with Gasteiger partial charge in [0.15, 0.2) is 0 Å². The van der Waals surface area contributed by atoms with Gasteiger partial charge in [-0.15, -0.1) is 0 Å². The molecule has 1 N–H and O–H groups in total. The van der Waals surface area contributed by atoms with Gasteiger partial charge in [-0.3, -0.25) is 0 Å². The summed E-state index contributed by atoms with van der Waals surface area (Å²) in [6.45, 7) is 21.0. The van der Waals surface area contributed by atoms with Gasteiger partial charge in [0.2, 0.25) is 0 Å². The number of allylic oxidation sites excluding steroid dienone is 4. The number of phenolic OH excluding ortho intramolecular Hbond substituents is 1. The molecule has 0 aliphatic carbocycles. The molecule has 0 saturated heterocycles. The van der Waals surface area contributed by atoms with Crippen molar-refractivity contribution in [3.8, 4) is 28.7 Å². The normalized spacial score (nSPS) is 15.1. The summed E-state index contributed by atoms with van der Waals surface area (Å²) in [7, 11) is 1.71. The fraction of sp³-hybridized carbons (Fsp3) is 0.529. The van der Waals surface area contributed by atoms with Crippen LogP contribution in [0.15, 0.2) is 41.5 Å². The van der Waals surface area contributed by atoms with Crippen LogP contribution in [0.5, 0.6) is 28.7 Å². The summed E-state index contributed by atoms with van der Waals surface area (Å²) in [5, 5.41) is 11.6. The first-order valence-corrected chi connectivity index (χ1v) is 13.9. The third kappa shape index (κ3) is 7.97. The summed E-state index contributed by atoms with van der Waals surface area (Å²) in [5.74, 6) is 3.31. The molecule has 2 aromatic rings. The van der Waals surface area contributed by atoms with E-state index in [2.05, 4.69) is 39.8 Å². The van der Waals surface area contributed by atoms with E-state index in [0.717, 1.165) is 39.5 Å². The summed E-state index contributed by atoms with van der Waals surface area (Å²) in [4.78, 5) is 0. The Morgan fingerprint density at radius 3 is 2.00 bits per heavy atom. The van der Waals surface area contributed by atoms with Gasteiger partial charge < -0.3 is 24.1 Å². The first-order valence-electron chi connectivity index (χ1n) is 13.9. The Kier molecular flexibility index (Phi) is 9.35. The fourth-order valence-corrected chi connectivity index (χ4v) is 4.78. The molecule has 0 aromatic heterocycles. The third-order valence-electron chi connectivity index (χ3n) is 6.47. The molecular weight excluding hydrogens is 488 g/mol. The number of aromatic hydroxyl groups is 1. The second kappa shape index (κ2) is 12.0. The number of fused-ring (bicyclic) bond motifs is 1. The van der Waals surface area contributed by atoms with Crippen LogP contribution in [0.1, 0.15) is 97.4 Å². The Morgan fingerprint density at radius 1 is 0.897 bits per heavy atom. The SMILES string of the molecule is COc1c2c(cc(OC(C)(C)C)c1CC=C(C)C)OC[C@@H](c1ccc(OC(C)(C)C)c(CC=C(C)C)c1O)C2. The summed E-state index contributed by atoms with van der Waals surface area (Å²) in [6, 6.07) is 5.98.